The van der Waals surface area contributed by atoms with Crippen LogP contribution in [0.3, 0.4) is 0 Å². The van der Waals surface area contributed by atoms with Gasteiger partial charge < -0.3 is 10.1 Å². The Labute approximate surface area is 123 Å². The van der Waals surface area contributed by atoms with Gasteiger partial charge in [-0.3, -0.25) is 0 Å². The molecule has 0 aromatic heterocycles. The predicted octanol–water partition coefficient (Wildman–Crippen LogP) is 3.98. The maximum absolute atomic E-state index is 14.5. The van der Waals surface area contributed by atoms with Crippen LogP contribution >= 0.6 is 0 Å². The lowest BCUT2D eigenvalue weighted by atomic mass is 9.94. The summed E-state index contributed by atoms with van der Waals surface area (Å²) in [4.78, 5) is 0. The van der Waals surface area contributed by atoms with E-state index < -0.39 is 5.82 Å². The summed E-state index contributed by atoms with van der Waals surface area (Å²) in [7, 11) is 1.44. The number of halogens is 2. The van der Waals surface area contributed by atoms with Gasteiger partial charge >= 0.3 is 0 Å². The highest BCUT2D eigenvalue weighted by molar-refractivity contribution is 5.41. The molecule has 0 amide bonds. The quantitative estimate of drug-likeness (QED) is 0.899. The number of benzene rings is 2. The minimum atomic E-state index is -0.394. The number of hydrogen-bond donors (Lipinski definition) is 1. The molecule has 0 bridgehead atoms. The number of methoxy groups -OCH3 is 1. The molecule has 112 valence electrons. The summed E-state index contributed by atoms with van der Waals surface area (Å²) >= 11 is 0. The Kier molecular flexibility index (Phi) is 4.91. The molecule has 0 aliphatic carbocycles. The summed E-state index contributed by atoms with van der Waals surface area (Å²) in [5.41, 5.74) is 2.12. The zero-order valence-electron chi connectivity index (χ0n) is 12.4. The molecule has 21 heavy (non-hydrogen) atoms. The highest BCUT2D eigenvalue weighted by Gasteiger charge is 2.21. The number of aryl methyl sites for hydroxylation is 1. The molecule has 4 heteroatoms. The van der Waals surface area contributed by atoms with Gasteiger partial charge in [0.2, 0.25) is 0 Å². The van der Waals surface area contributed by atoms with Crippen LogP contribution < -0.4 is 10.1 Å². The van der Waals surface area contributed by atoms with Gasteiger partial charge in [0.15, 0.2) is 11.6 Å². The summed E-state index contributed by atoms with van der Waals surface area (Å²) in [6.45, 7) is 4.43. The van der Waals surface area contributed by atoms with E-state index in [-0.39, 0.29) is 17.6 Å². The number of rotatable bonds is 5. The van der Waals surface area contributed by atoms with Crippen molar-refractivity contribution < 1.29 is 13.5 Å². The van der Waals surface area contributed by atoms with Crippen molar-refractivity contribution in [3.63, 3.8) is 0 Å². The van der Waals surface area contributed by atoms with Crippen LogP contribution in [0.15, 0.2) is 36.4 Å². The highest BCUT2D eigenvalue weighted by atomic mass is 19.1. The van der Waals surface area contributed by atoms with Crippen LogP contribution in [0.1, 0.15) is 29.7 Å². The molecule has 0 aliphatic rings. The van der Waals surface area contributed by atoms with E-state index >= 15 is 0 Å². The lowest BCUT2D eigenvalue weighted by Gasteiger charge is -2.22. The van der Waals surface area contributed by atoms with Crippen LogP contribution in [-0.4, -0.2) is 13.7 Å². The van der Waals surface area contributed by atoms with E-state index in [1.165, 1.54) is 19.2 Å². The summed E-state index contributed by atoms with van der Waals surface area (Å²) in [5, 5.41) is 3.25. The molecule has 1 N–H and O–H groups in total. The molecule has 2 nitrogen and oxygen atoms in total. The van der Waals surface area contributed by atoms with Gasteiger partial charge in [-0.2, -0.15) is 0 Å². The normalized spacial score (nSPS) is 12.2. The maximum Gasteiger partial charge on any atom is 0.170 e. The third kappa shape index (κ3) is 3.22. The fourth-order valence-electron chi connectivity index (χ4n) is 2.46. The van der Waals surface area contributed by atoms with Gasteiger partial charge in [0.25, 0.3) is 0 Å². The molecule has 2 rings (SSSR count). The second-order valence-electron chi connectivity index (χ2n) is 4.86. The van der Waals surface area contributed by atoms with Crippen molar-refractivity contribution in [1.82, 2.24) is 5.32 Å². The van der Waals surface area contributed by atoms with Crippen molar-refractivity contribution in [2.45, 2.75) is 19.9 Å². The Balaban J connectivity index is 2.53. The molecule has 0 radical (unpaired) electrons. The molecule has 2 aromatic rings. The van der Waals surface area contributed by atoms with Gasteiger partial charge in [0, 0.05) is 5.56 Å². The first-order chi connectivity index (χ1) is 10.1. The summed E-state index contributed by atoms with van der Waals surface area (Å²) in [5.74, 6) is -0.484. The SMILES string of the molecule is CCNC(c1ccc(F)cc1C)c1cccc(OC)c1F. The van der Waals surface area contributed by atoms with Crippen molar-refractivity contribution in [2.24, 2.45) is 0 Å². The predicted molar refractivity (Wildman–Crippen MR) is 79.6 cm³/mol. The molecule has 0 spiro atoms. The summed E-state index contributed by atoms with van der Waals surface area (Å²) < 4.78 is 32.8. The van der Waals surface area contributed by atoms with Crippen LogP contribution in [-0.2, 0) is 0 Å². The summed E-state index contributed by atoms with van der Waals surface area (Å²) in [6.07, 6.45) is 0. The van der Waals surface area contributed by atoms with Crippen LogP contribution in [0.25, 0.3) is 0 Å². The Morgan fingerprint density at radius 3 is 2.52 bits per heavy atom. The first-order valence-corrected chi connectivity index (χ1v) is 6.90. The van der Waals surface area contributed by atoms with Crippen LogP contribution in [0.5, 0.6) is 5.75 Å². The van der Waals surface area contributed by atoms with E-state index in [9.17, 15) is 8.78 Å². The minimum Gasteiger partial charge on any atom is -0.494 e. The van der Waals surface area contributed by atoms with Gasteiger partial charge in [-0.05, 0) is 42.8 Å². The molecule has 0 saturated heterocycles. The lowest BCUT2D eigenvalue weighted by Crippen LogP contribution is -2.24. The average Bonchev–Trinajstić information content (AvgIpc) is 2.46. The molecule has 0 aliphatic heterocycles. The van der Waals surface area contributed by atoms with Gasteiger partial charge in [-0.1, -0.05) is 25.1 Å². The van der Waals surface area contributed by atoms with Gasteiger partial charge in [-0.25, -0.2) is 8.78 Å². The molecule has 2 aromatic carbocycles. The van der Waals surface area contributed by atoms with Crippen molar-refractivity contribution in [1.29, 1.82) is 0 Å². The number of nitrogens with one attached hydrogen (secondary N) is 1. The zero-order valence-corrected chi connectivity index (χ0v) is 12.4. The second kappa shape index (κ2) is 6.68. The van der Waals surface area contributed by atoms with Crippen molar-refractivity contribution in [2.75, 3.05) is 13.7 Å². The third-order valence-corrected chi connectivity index (χ3v) is 3.48. The van der Waals surface area contributed by atoms with E-state index in [1.54, 1.807) is 24.3 Å². The number of ether oxygens (including phenoxy) is 1. The molecular weight excluding hydrogens is 272 g/mol. The Hall–Kier alpha value is -1.94. The van der Waals surface area contributed by atoms with Gasteiger partial charge in [0.05, 0.1) is 13.2 Å². The van der Waals surface area contributed by atoms with E-state index in [0.29, 0.717) is 12.1 Å². The van der Waals surface area contributed by atoms with E-state index in [4.69, 9.17) is 4.74 Å². The molecule has 1 atom stereocenters. The second-order valence-corrected chi connectivity index (χ2v) is 4.86. The average molecular weight is 291 g/mol. The first kappa shape index (κ1) is 15.4. The number of hydrogen-bond acceptors (Lipinski definition) is 2. The molecule has 0 saturated carbocycles. The molecule has 0 fully saturated rings. The van der Waals surface area contributed by atoms with Crippen molar-refractivity contribution in [3.05, 3.63) is 64.7 Å². The van der Waals surface area contributed by atoms with Gasteiger partial charge in [-0.15, -0.1) is 0 Å². The van der Waals surface area contributed by atoms with Gasteiger partial charge in [0.1, 0.15) is 5.82 Å². The monoisotopic (exact) mass is 291 g/mol. The van der Waals surface area contributed by atoms with Crippen LogP contribution in [0, 0.1) is 18.6 Å². The van der Waals surface area contributed by atoms with E-state index in [1.807, 2.05) is 13.8 Å². The Morgan fingerprint density at radius 1 is 1.14 bits per heavy atom. The topological polar surface area (TPSA) is 21.3 Å². The van der Waals surface area contributed by atoms with Crippen molar-refractivity contribution in [3.8, 4) is 5.75 Å². The third-order valence-electron chi connectivity index (χ3n) is 3.48. The molecule has 1 unspecified atom stereocenters. The van der Waals surface area contributed by atoms with E-state index in [0.717, 1.165) is 11.1 Å². The fourth-order valence-corrected chi connectivity index (χ4v) is 2.46. The fraction of sp³-hybridized carbons (Fsp3) is 0.294. The largest absolute Gasteiger partial charge is 0.494 e. The van der Waals surface area contributed by atoms with E-state index in [2.05, 4.69) is 5.32 Å². The Bertz CT molecular complexity index is 628. The van der Waals surface area contributed by atoms with Crippen LogP contribution in [0.4, 0.5) is 8.78 Å². The lowest BCUT2D eigenvalue weighted by molar-refractivity contribution is 0.381. The smallest absolute Gasteiger partial charge is 0.170 e. The van der Waals surface area contributed by atoms with Crippen molar-refractivity contribution >= 4 is 0 Å². The first-order valence-electron chi connectivity index (χ1n) is 6.90. The highest BCUT2D eigenvalue weighted by Crippen LogP contribution is 2.31. The minimum absolute atomic E-state index is 0.204. The Morgan fingerprint density at radius 2 is 1.90 bits per heavy atom. The summed E-state index contributed by atoms with van der Waals surface area (Å²) in [6, 6.07) is 9.25. The standard InChI is InChI=1S/C17H19F2NO/c1-4-20-17(13-9-8-12(18)10-11(13)2)14-6-5-7-15(21-3)16(14)19/h5-10,17,20H,4H2,1-3H3. The maximum atomic E-state index is 14.5. The zero-order chi connectivity index (χ0) is 15.4. The molecule has 0 heterocycles. The van der Waals surface area contributed by atoms with Crippen LogP contribution in [0.2, 0.25) is 0 Å². The molecular formula is C17H19F2NO.